The molecular formula is C11H13ClN4O. The predicted octanol–water partition coefficient (Wildman–Crippen LogP) is 1.65. The molecule has 0 aliphatic rings. The second-order valence-electron chi connectivity index (χ2n) is 3.50. The highest BCUT2D eigenvalue weighted by Gasteiger charge is 2.06. The Morgan fingerprint density at radius 1 is 1.47 bits per heavy atom. The molecule has 0 fully saturated rings. The van der Waals surface area contributed by atoms with E-state index in [9.17, 15) is 0 Å². The maximum atomic E-state index is 5.96. The van der Waals surface area contributed by atoms with E-state index >= 15 is 0 Å². The number of methoxy groups -OCH3 is 1. The molecule has 0 bridgehead atoms. The van der Waals surface area contributed by atoms with Crippen molar-refractivity contribution in [3.05, 3.63) is 35.1 Å². The zero-order chi connectivity index (χ0) is 12.3. The number of nitrogens with zero attached hydrogens (tertiary/aromatic N) is 3. The molecule has 6 heteroatoms. The number of benzene rings is 1. The number of halogens is 1. The van der Waals surface area contributed by atoms with Crippen LogP contribution < -0.4 is 10.1 Å². The molecule has 5 nitrogen and oxygen atoms in total. The van der Waals surface area contributed by atoms with Gasteiger partial charge in [0, 0.05) is 12.6 Å². The third-order valence-electron chi connectivity index (χ3n) is 2.30. The van der Waals surface area contributed by atoms with E-state index in [1.807, 2.05) is 25.4 Å². The fourth-order valence-corrected chi connectivity index (χ4v) is 1.67. The average molecular weight is 253 g/mol. The first kappa shape index (κ1) is 11.9. The molecule has 0 saturated carbocycles. The van der Waals surface area contributed by atoms with E-state index < -0.39 is 0 Å². The Balaban J connectivity index is 2.32. The van der Waals surface area contributed by atoms with Gasteiger partial charge in [-0.1, -0.05) is 16.8 Å². The Morgan fingerprint density at radius 2 is 2.29 bits per heavy atom. The Bertz CT molecular complexity index is 512. The van der Waals surface area contributed by atoms with Gasteiger partial charge in [0.05, 0.1) is 29.7 Å². The van der Waals surface area contributed by atoms with Gasteiger partial charge in [-0.05, 0) is 19.2 Å². The van der Waals surface area contributed by atoms with Gasteiger partial charge in [-0.2, -0.15) is 0 Å². The van der Waals surface area contributed by atoms with Crippen molar-refractivity contribution < 1.29 is 4.74 Å². The number of hydrogen-bond acceptors (Lipinski definition) is 4. The van der Waals surface area contributed by atoms with Gasteiger partial charge in [0.2, 0.25) is 0 Å². The summed E-state index contributed by atoms with van der Waals surface area (Å²) in [5, 5.41) is 11.7. The molecule has 1 heterocycles. The normalized spacial score (nSPS) is 10.5. The molecule has 1 aromatic heterocycles. The highest BCUT2D eigenvalue weighted by molar-refractivity contribution is 6.32. The highest BCUT2D eigenvalue weighted by atomic mass is 35.5. The largest absolute Gasteiger partial charge is 0.495 e. The fraction of sp³-hybridized carbons (Fsp3) is 0.273. The molecule has 17 heavy (non-hydrogen) atoms. The van der Waals surface area contributed by atoms with Crippen LogP contribution in [0, 0.1) is 0 Å². The Kier molecular flexibility index (Phi) is 3.61. The van der Waals surface area contributed by atoms with Gasteiger partial charge in [-0.25, -0.2) is 4.68 Å². The fourth-order valence-electron chi connectivity index (χ4n) is 1.48. The van der Waals surface area contributed by atoms with E-state index in [0.29, 0.717) is 17.3 Å². The molecule has 0 spiro atoms. The monoisotopic (exact) mass is 252 g/mol. The van der Waals surface area contributed by atoms with Crippen LogP contribution in [-0.2, 0) is 6.54 Å². The van der Waals surface area contributed by atoms with Crippen LogP contribution in [0.25, 0.3) is 5.69 Å². The number of aromatic nitrogens is 3. The van der Waals surface area contributed by atoms with Crippen LogP contribution in [0.1, 0.15) is 5.69 Å². The molecule has 1 aromatic carbocycles. The van der Waals surface area contributed by atoms with Crippen LogP contribution in [0.4, 0.5) is 0 Å². The number of nitrogens with one attached hydrogen (secondary N) is 1. The summed E-state index contributed by atoms with van der Waals surface area (Å²) in [5.74, 6) is 0.620. The zero-order valence-electron chi connectivity index (χ0n) is 9.64. The molecule has 0 aliphatic carbocycles. The SMILES string of the molecule is CNCc1cn(-c2ccc(Cl)c(OC)c2)nn1. The zero-order valence-corrected chi connectivity index (χ0v) is 10.4. The standard InChI is InChI=1S/C11H13ClN4O/c1-13-6-8-7-16(15-14-8)9-3-4-10(12)11(5-9)17-2/h3-5,7,13H,6H2,1-2H3. The minimum absolute atomic E-state index is 0.576. The van der Waals surface area contributed by atoms with E-state index in [1.165, 1.54) is 0 Å². The molecule has 90 valence electrons. The Hall–Kier alpha value is -1.59. The average Bonchev–Trinajstić information content (AvgIpc) is 2.79. The van der Waals surface area contributed by atoms with Crippen LogP contribution in [0.5, 0.6) is 5.75 Å². The summed E-state index contributed by atoms with van der Waals surface area (Å²) in [6.07, 6.45) is 1.86. The number of ether oxygens (including phenoxy) is 1. The second kappa shape index (κ2) is 5.16. The molecule has 0 unspecified atom stereocenters. The second-order valence-corrected chi connectivity index (χ2v) is 3.91. The molecule has 1 N–H and O–H groups in total. The van der Waals surface area contributed by atoms with Gasteiger partial charge in [0.1, 0.15) is 5.75 Å². The maximum Gasteiger partial charge on any atom is 0.139 e. The first-order valence-corrected chi connectivity index (χ1v) is 5.52. The van der Waals surface area contributed by atoms with Crippen LogP contribution in [0.2, 0.25) is 5.02 Å². The summed E-state index contributed by atoms with van der Waals surface area (Å²) in [5.41, 5.74) is 1.74. The minimum atomic E-state index is 0.576. The number of hydrogen-bond donors (Lipinski definition) is 1. The third kappa shape index (κ3) is 2.57. The van der Waals surface area contributed by atoms with Crippen molar-refractivity contribution in [2.75, 3.05) is 14.2 Å². The lowest BCUT2D eigenvalue weighted by Gasteiger charge is -2.05. The topological polar surface area (TPSA) is 52.0 Å². The van der Waals surface area contributed by atoms with Crippen molar-refractivity contribution >= 4 is 11.6 Å². The first-order valence-electron chi connectivity index (χ1n) is 5.14. The molecule has 0 aliphatic heterocycles. The van der Waals surface area contributed by atoms with Crippen LogP contribution >= 0.6 is 11.6 Å². The summed E-state index contributed by atoms with van der Waals surface area (Å²) in [6, 6.07) is 5.46. The smallest absolute Gasteiger partial charge is 0.139 e. The quantitative estimate of drug-likeness (QED) is 0.899. The van der Waals surface area contributed by atoms with Gasteiger partial charge in [-0.3, -0.25) is 0 Å². The third-order valence-corrected chi connectivity index (χ3v) is 2.61. The molecule has 0 saturated heterocycles. The molecule has 2 rings (SSSR count). The highest BCUT2D eigenvalue weighted by Crippen LogP contribution is 2.26. The molecular weight excluding hydrogens is 240 g/mol. The van der Waals surface area contributed by atoms with Gasteiger partial charge < -0.3 is 10.1 Å². The maximum absolute atomic E-state index is 5.96. The van der Waals surface area contributed by atoms with Gasteiger partial charge in [-0.15, -0.1) is 5.10 Å². The lowest BCUT2D eigenvalue weighted by atomic mass is 10.3. The summed E-state index contributed by atoms with van der Waals surface area (Å²) < 4.78 is 6.84. The van der Waals surface area contributed by atoms with E-state index in [-0.39, 0.29) is 0 Å². The molecule has 0 amide bonds. The minimum Gasteiger partial charge on any atom is -0.495 e. The van der Waals surface area contributed by atoms with E-state index in [4.69, 9.17) is 16.3 Å². The number of rotatable bonds is 4. The van der Waals surface area contributed by atoms with Gasteiger partial charge in [0.15, 0.2) is 0 Å². The van der Waals surface area contributed by atoms with Crippen LogP contribution in [-0.4, -0.2) is 29.2 Å². The van der Waals surface area contributed by atoms with E-state index in [2.05, 4.69) is 15.6 Å². The molecule has 2 aromatic rings. The lowest BCUT2D eigenvalue weighted by molar-refractivity contribution is 0.414. The summed E-state index contributed by atoms with van der Waals surface area (Å²) >= 11 is 5.96. The van der Waals surface area contributed by atoms with Crippen molar-refractivity contribution in [1.82, 2.24) is 20.3 Å². The molecule has 0 atom stereocenters. The van der Waals surface area contributed by atoms with Gasteiger partial charge >= 0.3 is 0 Å². The van der Waals surface area contributed by atoms with E-state index in [1.54, 1.807) is 17.9 Å². The summed E-state index contributed by atoms with van der Waals surface area (Å²) in [6.45, 7) is 0.685. The van der Waals surface area contributed by atoms with Crippen LogP contribution in [0.3, 0.4) is 0 Å². The van der Waals surface area contributed by atoms with E-state index in [0.717, 1.165) is 11.4 Å². The Labute approximate surface area is 104 Å². The summed E-state index contributed by atoms with van der Waals surface area (Å²) in [4.78, 5) is 0. The lowest BCUT2D eigenvalue weighted by Crippen LogP contribution is -2.04. The van der Waals surface area contributed by atoms with Crippen molar-refractivity contribution in [3.8, 4) is 11.4 Å². The summed E-state index contributed by atoms with van der Waals surface area (Å²) in [7, 11) is 3.45. The Morgan fingerprint density at radius 3 is 3.00 bits per heavy atom. The van der Waals surface area contributed by atoms with Crippen LogP contribution in [0.15, 0.2) is 24.4 Å². The van der Waals surface area contributed by atoms with Crippen molar-refractivity contribution in [1.29, 1.82) is 0 Å². The van der Waals surface area contributed by atoms with Crippen molar-refractivity contribution in [2.24, 2.45) is 0 Å². The molecule has 0 radical (unpaired) electrons. The van der Waals surface area contributed by atoms with Crippen molar-refractivity contribution in [3.63, 3.8) is 0 Å². The van der Waals surface area contributed by atoms with Crippen molar-refractivity contribution in [2.45, 2.75) is 6.54 Å². The predicted molar refractivity (Wildman–Crippen MR) is 65.7 cm³/mol. The first-order chi connectivity index (χ1) is 8.24. The van der Waals surface area contributed by atoms with Gasteiger partial charge in [0.25, 0.3) is 0 Å².